The van der Waals surface area contributed by atoms with Crippen LogP contribution in [0.5, 0.6) is 0 Å². The Bertz CT molecular complexity index is 641. The van der Waals surface area contributed by atoms with Gasteiger partial charge in [-0.2, -0.15) is 5.10 Å². The van der Waals surface area contributed by atoms with E-state index < -0.39 is 9.84 Å². The summed E-state index contributed by atoms with van der Waals surface area (Å²) in [5.74, 6) is 0.0282. The fourth-order valence-corrected chi connectivity index (χ4v) is 4.46. The van der Waals surface area contributed by atoms with E-state index in [2.05, 4.69) is 38.7 Å². The van der Waals surface area contributed by atoms with Crippen molar-refractivity contribution in [2.24, 2.45) is 10.8 Å². The summed E-state index contributed by atoms with van der Waals surface area (Å²) in [5.41, 5.74) is 9.00. The molecule has 0 fully saturated rings. The number of nitrogens with one attached hydrogen (secondary N) is 1. The molecule has 0 radical (unpaired) electrons. The van der Waals surface area contributed by atoms with Crippen LogP contribution in [0.1, 0.15) is 12.0 Å². The van der Waals surface area contributed by atoms with Crippen molar-refractivity contribution in [3.63, 3.8) is 0 Å². The highest BCUT2D eigenvalue weighted by Gasteiger charge is 2.29. The highest BCUT2D eigenvalue weighted by atomic mass is 79.9. The largest absolute Gasteiger partial charge is 0.375 e. The molecular formula is C10H10BrN3O2S2. The molecule has 1 aromatic rings. The van der Waals surface area contributed by atoms with Gasteiger partial charge in [-0.3, -0.25) is 5.43 Å². The number of sulfone groups is 1. The Morgan fingerprint density at radius 1 is 1.50 bits per heavy atom. The minimum absolute atomic E-state index is 0.0282. The lowest BCUT2D eigenvalue weighted by molar-refractivity contribution is 0.594. The summed E-state index contributed by atoms with van der Waals surface area (Å²) in [7, 11) is -3.26. The molecule has 0 bridgehead atoms. The molecule has 0 saturated carbocycles. The lowest BCUT2D eigenvalue weighted by Gasteiger charge is -2.19. The Labute approximate surface area is 118 Å². The zero-order chi connectivity index (χ0) is 13.3. The Morgan fingerprint density at radius 2 is 2.22 bits per heavy atom. The standard InChI is InChI=1S/C10H10BrN3O2S2/c11-7-3-1-2-6-8(13-14-10(12)17)4-5-18(15,16)9(6)7/h1-3H,4-5H2,(H3,12,14,17). The first-order chi connectivity index (χ1) is 8.42. The van der Waals surface area contributed by atoms with Gasteiger partial charge in [0.25, 0.3) is 0 Å². The molecule has 3 N–H and O–H groups in total. The fourth-order valence-electron chi connectivity index (χ4n) is 1.76. The molecule has 18 heavy (non-hydrogen) atoms. The van der Waals surface area contributed by atoms with Crippen molar-refractivity contribution in [1.82, 2.24) is 5.43 Å². The third-order valence-electron chi connectivity index (χ3n) is 2.50. The Balaban J connectivity index is 2.58. The van der Waals surface area contributed by atoms with Crippen molar-refractivity contribution in [3.05, 3.63) is 28.2 Å². The fraction of sp³-hybridized carbons (Fsp3) is 0.200. The third kappa shape index (κ3) is 2.55. The normalized spacial score (nSPS) is 19.3. The molecule has 1 aliphatic rings. The van der Waals surface area contributed by atoms with Gasteiger partial charge in [0, 0.05) is 16.5 Å². The van der Waals surface area contributed by atoms with Gasteiger partial charge in [0.05, 0.1) is 16.4 Å². The number of nitrogens with two attached hydrogens (primary N) is 1. The number of fused-ring (bicyclic) bond motifs is 1. The minimum atomic E-state index is -3.26. The van der Waals surface area contributed by atoms with Crippen molar-refractivity contribution in [3.8, 4) is 0 Å². The van der Waals surface area contributed by atoms with Crippen LogP contribution in [0.15, 0.2) is 32.7 Å². The molecule has 0 aliphatic carbocycles. The van der Waals surface area contributed by atoms with E-state index >= 15 is 0 Å². The highest BCUT2D eigenvalue weighted by Crippen LogP contribution is 2.31. The van der Waals surface area contributed by atoms with Gasteiger partial charge < -0.3 is 5.73 Å². The lowest BCUT2D eigenvalue weighted by atomic mass is 10.1. The highest BCUT2D eigenvalue weighted by molar-refractivity contribution is 9.10. The van der Waals surface area contributed by atoms with Crippen LogP contribution in [0.2, 0.25) is 0 Å². The monoisotopic (exact) mass is 347 g/mol. The summed E-state index contributed by atoms with van der Waals surface area (Å²) in [4.78, 5) is 0.278. The lowest BCUT2D eigenvalue weighted by Crippen LogP contribution is -2.29. The maximum absolute atomic E-state index is 12.0. The second kappa shape index (κ2) is 4.94. The molecule has 8 heteroatoms. The Morgan fingerprint density at radius 3 is 2.89 bits per heavy atom. The number of rotatable bonds is 1. The zero-order valence-corrected chi connectivity index (χ0v) is 12.4. The van der Waals surface area contributed by atoms with Gasteiger partial charge in [-0.1, -0.05) is 12.1 Å². The van der Waals surface area contributed by atoms with Crippen molar-refractivity contribution < 1.29 is 8.42 Å². The van der Waals surface area contributed by atoms with Crippen molar-refractivity contribution in [1.29, 1.82) is 0 Å². The van der Waals surface area contributed by atoms with Crippen LogP contribution in [-0.2, 0) is 9.84 Å². The van der Waals surface area contributed by atoms with Gasteiger partial charge in [0.15, 0.2) is 14.9 Å². The number of thiocarbonyl (C=S) groups is 1. The molecule has 1 heterocycles. The summed E-state index contributed by atoms with van der Waals surface area (Å²) in [6.45, 7) is 0. The molecule has 1 aliphatic heterocycles. The topological polar surface area (TPSA) is 84.5 Å². The predicted molar refractivity (Wildman–Crippen MR) is 77.3 cm³/mol. The van der Waals surface area contributed by atoms with Gasteiger partial charge in [0.1, 0.15) is 0 Å². The molecule has 5 nitrogen and oxygen atoms in total. The predicted octanol–water partition coefficient (Wildman–Crippen LogP) is 1.16. The van der Waals surface area contributed by atoms with E-state index in [0.29, 0.717) is 22.2 Å². The van der Waals surface area contributed by atoms with Crippen molar-refractivity contribution >= 4 is 48.8 Å². The van der Waals surface area contributed by atoms with Crippen LogP contribution in [0.4, 0.5) is 0 Å². The van der Waals surface area contributed by atoms with Crippen LogP contribution < -0.4 is 11.2 Å². The summed E-state index contributed by atoms with van der Waals surface area (Å²) in [6, 6.07) is 5.18. The Kier molecular flexibility index (Phi) is 3.69. The van der Waals surface area contributed by atoms with E-state index in [1.54, 1.807) is 18.2 Å². The van der Waals surface area contributed by atoms with E-state index in [4.69, 9.17) is 5.73 Å². The number of halogens is 1. The zero-order valence-electron chi connectivity index (χ0n) is 9.18. The van der Waals surface area contributed by atoms with E-state index in [9.17, 15) is 8.42 Å². The van der Waals surface area contributed by atoms with Crippen LogP contribution in [-0.4, -0.2) is 25.0 Å². The van der Waals surface area contributed by atoms with Gasteiger partial charge in [0.2, 0.25) is 0 Å². The van der Waals surface area contributed by atoms with Crippen molar-refractivity contribution in [2.45, 2.75) is 11.3 Å². The molecule has 2 rings (SSSR count). The minimum Gasteiger partial charge on any atom is -0.375 e. The van der Waals surface area contributed by atoms with Crippen LogP contribution in [0, 0.1) is 0 Å². The first-order valence-corrected chi connectivity index (χ1v) is 7.91. The van der Waals surface area contributed by atoms with Gasteiger partial charge >= 0.3 is 0 Å². The molecule has 0 amide bonds. The molecule has 0 atom stereocenters. The van der Waals surface area contributed by atoms with Crippen molar-refractivity contribution in [2.75, 3.05) is 5.75 Å². The van der Waals surface area contributed by atoms with Crippen LogP contribution >= 0.6 is 28.1 Å². The van der Waals surface area contributed by atoms with E-state index in [1.807, 2.05) is 0 Å². The maximum atomic E-state index is 12.0. The maximum Gasteiger partial charge on any atom is 0.184 e. The number of hydrogen-bond acceptors (Lipinski definition) is 4. The smallest absolute Gasteiger partial charge is 0.184 e. The average Bonchev–Trinajstić information content (AvgIpc) is 2.27. The summed E-state index contributed by atoms with van der Waals surface area (Å²) < 4.78 is 24.6. The third-order valence-corrected chi connectivity index (χ3v) is 5.32. The summed E-state index contributed by atoms with van der Waals surface area (Å²) >= 11 is 7.93. The van der Waals surface area contributed by atoms with Crippen LogP contribution in [0.3, 0.4) is 0 Å². The molecule has 0 saturated heterocycles. The van der Waals surface area contributed by atoms with Gasteiger partial charge in [-0.15, -0.1) is 0 Å². The molecule has 0 spiro atoms. The molecule has 96 valence electrons. The molecule has 1 aromatic carbocycles. The molecular weight excluding hydrogens is 338 g/mol. The Hall–Kier alpha value is -0.990. The quantitative estimate of drug-likeness (QED) is 0.588. The molecule has 0 aromatic heterocycles. The number of nitrogens with zero attached hydrogens (tertiary/aromatic N) is 1. The van der Waals surface area contributed by atoms with Gasteiger partial charge in [-0.25, -0.2) is 8.42 Å². The van der Waals surface area contributed by atoms with Crippen LogP contribution in [0.25, 0.3) is 0 Å². The van der Waals surface area contributed by atoms with Gasteiger partial charge in [-0.05, 0) is 34.2 Å². The van der Waals surface area contributed by atoms with E-state index in [-0.39, 0.29) is 15.8 Å². The number of benzene rings is 1. The first kappa shape index (κ1) is 13.4. The first-order valence-electron chi connectivity index (χ1n) is 5.05. The molecule has 0 unspecified atom stereocenters. The van der Waals surface area contributed by atoms with E-state index in [1.165, 1.54) is 0 Å². The summed E-state index contributed by atoms with van der Waals surface area (Å²) in [6.07, 6.45) is 0.335. The number of hydrogen-bond donors (Lipinski definition) is 2. The average molecular weight is 348 g/mol. The summed E-state index contributed by atoms with van der Waals surface area (Å²) in [5, 5.41) is 4.09. The second-order valence-corrected chi connectivity index (χ2v) is 7.06. The number of hydrazone groups is 1. The van der Waals surface area contributed by atoms with E-state index in [0.717, 1.165) is 0 Å². The second-order valence-electron chi connectivity index (χ2n) is 3.72. The SMILES string of the molecule is NC(=S)NN=C1CCS(=O)(=O)c2c(Br)cccc21.